The Morgan fingerprint density at radius 1 is 1.11 bits per heavy atom. The summed E-state index contributed by atoms with van der Waals surface area (Å²) >= 11 is 3.16. The fourth-order valence-electron chi connectivity index (χ4n) is 2.27. The number of halogens is 3. The predicted octanol–water partition coefficient (Wildman–Crippen LogP) is 3.27. The van der Waals surface area contributed by atoms with Gasteiger partial charge in [0.15, 0.2) is 11.5 Å². The molecule has 0 aromatic heterocycles. The topological polar surface area (TPSA) is 84.9 Å². The van der Waals surface area contributed by atoms with Crippen molar-refractivity contribution in [3.05, 3.63) is 46.4 Å². The van der Waals surface area contributed by atoms with E-state index in [2.05, 4.69) is 30.7 Å². The van der Waals surface area contributed by atoms with Gasteiger partial charge in [-0.15, -0.1) is 8.78 Å². The molecule has 0 atom stereocenters. The number of ether oxygens (including phenoxy) is 2. The largest absolute Gasteiger partial charge is 0.586 e. The molecule has 1 aliphatic rings. The number of nitrogens with zero attached hydrogens (tertiary/aromatic N) is 1. The molecule has 0 saturated heterocycles. The number of hydrogen-bond acceptors (Lipinski definition) is 5. The second kappa shape index (κ2) is 6.73. The highest BCUT2D eigenvalue weighted by atomic mass is 79.9. The molecule has 27 heavy (non-hydrogen) atoms. The van der Waals surface area contributed by atoms with Crippen molar-refractivity contribution in [1.29, 1.82) is 0 Å². The number of nitrogens with one attached hydrogen (secondary N) is 1. The Hall–Kier alpha value is -2.24. The standard InChI is InChI=1S/C16H13BrF2N2O5S/c1-21(2)27(23,24)14-7-9(3-5-11(14)17)15(22)20-10-4-6-12-13(8-10)26-16(18,19)25-12/h3-8H,1-2H3,(H,20,22). The summed E-state index contributed by atoms with van der Waals surface area (Å²) in [5.74, 6) is -0.992. The van der Waals surface area contributed by atoms with Crippen LogP contribution in [-0.2, 0) is 10.0 Å². The highest BCUT2D eigenvalue weighted by molar-refractivity contribution is 9.10. The van der Waals surface area contributed by atoms with Gasteiger partial charge in [0.1, 0.15) is 0 Å². The van der Waals surface area contributed by atoms with Gasteiger partial charge >= 0.3 is 6.29 Å². The number of carbonyl (C=O) groups is 1. The summed E-state index contributed by atoms with van der Waals surface area (Å²) in [6, 6.07) is 7.86. The molecule has 7 nitrogen and oxygen atoms in total. The molecule has 1 aliphatic heterocycles. The molecule has 1 heterocycles. The zero-order valence-corrected chi connectivity index (χ0v) is 16.4. The van der Waals surface area contributed by atoms with E-state index in [1.165, 1.54) is 50.5 Å². The zero-order chi connectivity index (χ0) is 20.0. The van der Waals surface area contributed by atoms with Gasteiger partial charge in [-0.05, 0) is 46.3 Å². The first-order valence-corrected chi connectivity index (χ1v) is 9.66. The summed E-state index contributed by atoms with van der Waals surface area (Å²) < 4.78 is 60.7. The predicted molar refractivity (Wildman–Crippen MR) is 95.6 cm³/mol. The molecule has 0 fully saturated rings. The van der Waals surface area contributed by atoms with E-state index in [1.54, 1.807) is 0 Å². The van der Waals surface area contributed by atoms with Gasteiger partial charge in [-0.25, -0.2) is 12.7 Å². The van der Waals surface area contributed by atoms with Gasteiger partial charge in [-0.2, -0.15) is 0 Å². The second-order valence-electron chi connectivity index (χ2n) is 5.72. The van der Waals surface area contributed by atoms with E-state index in [1.807, 2.05) is 0 Å². The minimum Gasteiger partial charge on any atom is -0.395 e. The number of sulfonamides is 1. The maximum atomic E-state index is 13.1. The molecule has 2 aromatic rings. The zero-order valence-electron chi connectivity index (χ0n) is 14.0. The van der Waals surface area contributed by atoms with E-state index in [-0.39, 0.29) is 27.6 Å². The summed E-state index contributed by atoms with van der Waals surface area (Å²) in [5, 5.41) is 2.50. The third kappa shape index (κ3) is 3.89. The molecular formula is C16H13BrF2N2O5S. The quantitative estimate of drug-likeness (QED) is 0.753. The number of carbonyl (C=O) groups excluding carboxylic acids is 1. The molecule has 2 aromatic carbocycles. The van der Waals surface area contributed by atoms with Gasteiger partial charge in [0.25, 0.3) is 5.91 Å². The molecule has 0 radical (unpaired) electrons. The van der Waals surface area contributed by atoms with Crippen molar-refractivity contribution in [2.24, 2.45) is 0 Å². The van der Waals surface area contributed by atoms with Crippen LogP contribution < -0.4 is 14.8 Å². The maximum Gasteiger partial charge on any atom is 0.586 e. The van der Waals surface area contributed by atoms with Crippen LogP contribution in [0, 0.1) is 0 Å². The number of amides is 1. The van der Waals surface area contributed by atoms with E-state index in [4.69, 9.17) is 0 Å². The van der Waals surface area contributed by atoms with Gasteiger partial charge < -0.3 is 14.8 Å². The number of benzene rings is 2. The number of anilines is 1. The smallest absolute Gasteiger partial charge is 0.395 e. The van der Waals surface area contributed by atoms with Gasteiger partial charge in [0.2, 0.25) is 10.0 Å². The fourth-order valence-corrected chi connectivity index (χ4v) is 4.11. The lowest BCUT2D eigenvalue weighted by Crippen LogP contribution is -2.25. The minimum atomic E-state index is -3.77. The Bertz CT molecular complexity index is 1030. The Balaban J connectivity index is 1.86. The van der Waals surface area contributed by atoms with Crippen LogP contribution in [0.2, 0.25) is 0 Å². The molecule has 0 bridgehead atoms. The number of alkyl halides is 2. The lowest BCUT2D eigenvalue weighted by Gasteiger charge is -2.14. The van der Waals surface area contributed by atoms with Gasteiger partial charge in [0.05, 0.1) is 4.90 Å². The molecule has 1 amide bonds. The maximum absolute atomic E-state index is 13.1. The Morgan fingerprint density at radius 2 is 1.78 bits per heavy atom. The lowest BCUT2D eigenvalue weighted by atomic mass is 10.2. The molecule has 0 saturated carbocycles. The number of fused-ring (bicyclic) bond motifs is 1. The normalized spacial score (nSPS) is 15.0. The first-order chi connectivity index (χ1) is 12.5. The minimum absolute atomic E-state index is 0.0709. The molecular weight excluding hydrogens is 450 g/mol. The monoisotopic (exact) mass is 462 g/mol. The van der Waals surface area contributed by atoms with E-state index in [0.29, 0.717) is 4.47 Å². The molecule has 0 spiro atoms. The van der Waals surface area contributed by atoms with Gasteiger partial charge in [-0.3, -0.25) is 4.79 Å². The Kier molecular flexibility index (Phi) is 4.87. The first kappa shape index (κ1) is 19.5. The second-order valence-corrected chi connectivity index (χ2v) is 8.69. The molecule has 3 rings (SSSR count). The van der Waals surface area contributed by atoms with Crippen molar-refractivity contribution in [1.82, 2.24) is 4.31 Å². The van der Waals surface area contributed by atoms with Gasteiger partial charge in [-0.1, -0.05) is 0 Å². The Labute approximate surface area is 162 Å². The Morgan fingerprint density at radius 3 is 2.44 bits per heavy atom. The molecule has 1 N–H and O–H groups in total. The SMILES string of the molecule is CN(C)S(=O)(=O)c1cc(C(=O)Nc2ccc3c(c2)OC(F)(F)O3)ccc1Br. The molecule has 0 unspecified atom stereocenters. The van der Waals surface area contributed by atoms with Crippen LogP contribution in [0.4, 0.5) is 14.5 Å². The van der Waals surface area contributed by atoms with Crippen LogP contribution in [0.3, 0.4) is 0 Å². The van der Waals surface area contributed by atoms with Gasteiger partial charge in [0, 0.05) is 35.9 Å². The van der Waals surface area contributed by atoms with Crippen LogP contribution in [0.25, 0.3) is 0 Å². The van der Waals surface area contributed by atoms with Crippen molar-refractivity contribution in [3.63, 3.8) is 0 Å². The summed E-state index contributed by atoms with van der Waals surface area (Å²) in [4.78, 5) is 12.4. The third-order valence-corrected chi connectivity index (χ3v) is 6.42. The molecule has 11 heteroatoms. The van der Waals surface area contributed by atoms with Crippen LogP contribution in [0.5, 0.6) is 11.5 Å². The van der Waals surface area contributed by atoms with E-state index < -0.39 is 22.2 Å². The number of rotatable bonds is 4. The average molecular weight is 463 g/mol. The van der Waals surface area contributed by atoms with E-state index in [9.17, 15) is 22.0 Å². The fraction of sp³-hybridized carbons (Fsp3) is 0.188. The van der Waals surface area contributed by atoms with Crippen molar-refractivity contribution in [2.45, 2.75) is 11.2 Å². The van der Waals surface area contributed by atoms with Crippen molar-refractivity contribution in [2.75, 3.05) is 19.4 Å². The van der Waals surface area contributed by atoms with Crippen molar-refractivity contribution >= 4 is 37.5 Å². The molecule has 144 valence electrons. The summed E-state index contributed by atoms with van der Waals surface area (Å²) in [6.07, 6.45) is -3.76. The van der Waals surface area contributed by atoms with Crippen LogP contribution in [0.15, 0.2) is 45.8 Å². The average Bonchev–Trinajstić information content (AvgIpc) is 2.87. The van der Waals surface area contributed by atoms with E-state index in [0.717, 1.165) is 4.31 Å². The molecule has 0 aliphatic carbocycles. The third-order valence-electron chi connectivity index (χ3n) is 3.61. The first-order valence-electron chi connectivity index (χ1n) is 7.43. The van der Waals surface area contributed by atoms with Crippen molar-refractivity contribution in [3.8, 4) is 11.5 Å². The summed E-state index contributed by atoms with van der Waals surface area (Å²) in [5.41, 5.74) is 0.251. The van der Waals surface area contributed by atoms with Crippen molar-refractivity contribution < 1.29 is 31.5 Å². The highest BCUT2D eigenvalue weighted by Gasteiger charge is 2.43. The van der Waals surface area contributed by atoms with Crippen LogP contribution >= 0.6 is 15.9 Å². The van der Waals surface area contributed by atoms with E-state index >= 15 is 0 Å². The van der Waals surface area contributed by atoms with Crippen LogP contribution in [0.1, 0.15) is 10.4 Å². The summed E-state index contributed by atoms with van der Waals surface area (Å²) in [7, 11) is -1.03. The van der Waals surface area contributed by atoms with Crippen LogP contribution in [-0.4, -0.2) is 39.0 Å². The highest BCUT2D eigenvalue weighted by Crippen LogP contribution is 2.42. The number of hydrogen-bond donors (Lipinski definition) is 1. The lowest BCUT2D eigenvalue weighted by molar-refractivity contribution is -0.286. The summed E-state index contributed by atoms with van der Waals surface area (Å²) in [6.45, 7) is 0.